The van der Waals surface area contributed by atoms with E-state index in [1.54, 1.807) is 12.1 Å². The molecule has 1 amide bonds. The van der Waals surface area contributed by atoms with E-state index in [-0.39, 0.29) is 23.5 Å². The van der Waals surface area contributed by atoms with Crippen LogP contribution in [0, 0.1) is 10.1 Å². The molecule has 1 N–H and O–H groups in total. The van der Waals surface area contributed by atoms with Crippen LogP contribution in [0.4, 0.5) is 5.69 Å². The molecule has 0 spiro atoms. The number of nitro benzene ring substituents is 1. The second kappa shape index (κ2) is 8.03. The van der Waals surface area contributed by atoms with Crippen LogP contribution in [0.3, 0.4) is 0 Å². The number of carbonyl (C=O) groups excluding carboxylic acids is 1. The van der Waals surface area contributed by atoms with Gasteiger partial charge in [0, 0.05) is 32.2 Å². The highest BCUT2D eigenvalue weighted by Crippen LogP contribution is 2.17. The van der Waals surface area contributed by atoms with Crippen molar-refractivity contribution in [2.24, 2.45) is 0 Å². The van der Waals surface area contributed by atoms with Crippen molar-refractivity contribution in [3.05, 3.63) is 39.9 Å². The van der Waals surface area contributed by atoms with Crippen molar-refractivity contribution in [2.75, 3.05) is 26.2 Å². The van der Waals surface area contributed by atoms with E-state index in [0.717, 1.165) is 26.1 Å². The van der Waals surface area contributed by atoms with Crippen LogP contribution in [0.25, 0.3) is 0 Å². The predicted molar refractivity (Wildman–Crippen MR) is 86.5 cm³/mol. The molecule has 1 fully saturated rings. The van der Waals surface area contributed by atoms with Gasteiger partial charge in [0.15, 0.2) is 0 Å². The van der Waals surface area contributed by atoms with Gasteiger partial charge in [-0.2, -0.15) is 0 Å². The Bertz CT molecular complexity index is 554. The zero-order valence-corrected chi connectivity index (χ0v) is 13.5. The molecule has 1 aliphatic heterocycles. The first-order valence-electron chi connectivity index (χ1n) is 7.87. The molecule has 7 nitrogen and oxygen atoms in total. The Labute approximate surface area is 135 Å². The number of rotatable bonds is 6. The lowest BCUT2D eigenvalue weighted by Crippen LogP contribution is -2.46. The van der Waals surface area contributed by atoms with E-state index in [0.29, 0.717) is 6.54 Å². The predicted octanol–water partition coefficient (Wildman–Crippen LogP) is 1.82. The van der Waals surface area contributed by atoms with Gasteiger partial charge in [-0.15, -0.1) is 0 Å². The molecule has 1 saturated heterocycles. The van der Waals surface area contributed by atoms with Gasteiger partial charge in [0.1, 0.15) is 5.56 Å². The van der Waals surface area contributed by atoms with Crippen molar-refractivity contribution in [1.82, 2.24) is 10.2 Å². The average Bonchev–Trinajstić information content (AvgIpc) is 2.50. The van der Waals surface area contributed by atoms with Gasteiger partial charge in [-0.3, -0.25) is 19.8 Å². The van der Waals surface area contributed by atoms with Gasteiger partial charge in [0.25, 0.3) is 11.6 Å². The Morgan fingerprint density at radius 1 is 1.35 bits per heavy atom. The number of morpholine rings is 1. The van der Waals surface area contributed by atoms with Gasteiger partial charge < -0.3 is 10.1 Å². The minimum atomic E-state index is -0.536. The van der Waals surface area contributed by atoms with Crippen molar-refractivity contribution < 1.29 is 14.5 Å². The Kier molecular flexibility index (Phi) is 6.06. The van der Waals surface area contributed by atoms with Crippen LogP contribution >= 0.6 is 0 Å². The van der Waals surface area contributed by atoms with Crippen molar-refractivity contribution in [1.29, 1.82) is 0 Å². The monoisotopic (exact) mass is 321 g/mol. The maximum Gasteiger partial charge on any atom is 0.282 e. The first-order chi connectivity index (χ1) is 11.0. The third-order valence-corrected chi connectivity index (χ3v) is 3.78. The fraction of sp³-hybridized carbons (Fsp3) is 0.562. The molecule has 0 radical (unpaired) electrons. The smallest absolute Gasteiger partial charge is 0.282 e. The molecule has 126 valence electrons. The topological polar surface area (TPSA) is 84.7 Å². The maximum atomic E-state index is 12.1. The van der Waals surface area contributed by atoms with Gasteiger partial charge in [-0.1, -0.05) is 12.1 Å². The number of nitrogens with one attached hydrogen (secondary N) is 1. The van der Waals surface area contributed by atoms with E-state index in [9.17, 15) is 14.9 Å². The van der Waals surface area contributed by atoms with Gasteiger partial charge >= 0.3 is 0 Å². The molecular formula is C16H23N3O4. The van der Waals surface area contributed by atoms with Gasteiger partial charge in [0.05, 0.1) is 17.1 Å². The van der Waals surface area contributed by atoms with Crippen molar-refractivity contribution in [3.63, 3.8) is 0 Å². The number of ether oxygens (including phenoxy) is 1. The zero-order valence-electron chi connectivity index (χ0n) is 13.5. The largest absolute Gasteiger partial charge is 0.373 e. The highest BCUT2D eigenvalue weighted by atomic mass is 16.6. The molecule has 1 aromatic rings. The van der Waals surface area contributed by atoms with Gasteiger partial charge in [-0.05, 0) is 26.3 Å². The second-order valence-electron chi connectivity index (χ2n) is 5.90. The van der Waals surface area contributed by atoms with Crippen LogP contribution in [0.15, 0.2) is 24.3 Å². The number of nitrogens with zero attached hydrogens (tertiary/aromatic N) is 2. The summed E-state index contributed by atoms with van der Waals surface area (Å²) < 4.78 is 5.68. The summed E-state index contributed by atoms with van der Waals surface area (Å²) in [5.41, 5.74) is -0.0630. The van der Waals surface area contributed by atoms with Crippen LogP contribution in [-0.4, -0.2) is 54.1 Å². The minimum absolute atomic E-state index is 0.103. The molecule has 7 heteroatoms. The first-order valence-corrected chi connectivity index (χ1v) is 7.87. The van der Waals surface area contributed by atoms with E-state index >= 15 is 0 Å². The SMILES string of the molecule is CC1CN(CCCNC(=O)c2ccccc2[N+](=O)[O-])CC(C)O1. The number of hydrogen-bond acceptors (Lipinski definition) is 5. The summed E-state index contributed by atoms with van der Waals surface area (Å²) in [5.74, 6) is -0.402. The van der Waals surface area contributed by atoms with E-state index < -0.39 is 10.8 Å². The standard InChI is InChI=1S/C16H23N3O4/c1-12-10-18(11-13(2)23-12)9-5-8-17-16(20)14-6-3-4-7-15(14)19(21)22/h3-4,6-7,12-13H,5,8-11H2,1-2H3,(H,17,20). The summed E-state index contributed by atoms with van der Waals surface area (Å²) >= 11 is 0. The maximum absolute atomic E-state index is 12.1. The molecule has 1 heterocycles. The molecule has 0 bridgehead atoms. The second-order valence-corrected chi connectivity index (χ2v) is 5.90. The molecule has 0 aliphatic carbocycles. The number of para-hydroxylation sites is 1. The lowest BCUT2D eigenvalue weighted by Gasteiger charge is -2.35. The fourth-order valence-corrected chi connectivity index (χ4v) is 2.89. The third-order valence-electron chi connectivity index (χ3n) is 3.78. The first kappa shape index (κ1) is 17.4. The van der Waals surface area contributed by atoms with Crippen LogP contribution in [0.1, 0.15) is 30.6 Å². The van der Waals surface area contributed by atoms with Crippen molar-refractivity contribution >= 4 is 11.6 Å². The molecule has 2 unspecified atom stereocenters. The van der Waals surface area contributed by atoms with Crippen LogP contribution in [-0.2, 0) is 4.74 Å². The Morgan fingerprint density at radius 3 is 2.65 bits per heavy atom. The summed E-state index contributed by atoms with van der Waals surface area (Å²) in [6.45, 7) is 7.25. The molecule has 23 heavy (non-hydrogen) atoms. The lowest BCUT2D eigenvalue weighted by molar-refractivity contribution is -0.385. The molecule has 0 aromatic heterocycles. The third kappa shape index (κ3) is 5.01. The quantitative estimate of drug-likeness (QED) is 0.491. The zero-order chi connectivity index (χ0) is 16.8. The number of amides is 1. The molecule has 1 aliphatic rings. The van der Waals surface area contributed by atoms with Crippen LogP contribution in [0.5, 0.6) is 0 Å². The Hall–Kier alpha value is -1.99. The molecule has 2 atom stereocenters. The fourth-order valence-electron chi connectivity index (χ4n) is 2.89. The van der Waals surface area contributed by atoms with E-state index in [4.69, 9.17) is 4.74 Å². The molecule has 1 aromatic carbocycles. The van der Waals surface area contributed by atoms with Gasteiger partial charge in [0.2, 0.25) is 0 Å². The van der Waals surface area contributed by atoms with Crippen LogP contribution in [0.2, 0.25) is 0 Å². The minimum Gasteiger partial charge on any atom is -0.373 e. The van der Waals surface area contributed by atoms with E-state index in [2.05, 4.69) is 24.1 Å². The number of benzene rings is 1. The summed E-state index contributed by atoms with van der Waals surface area (Å²) in [4.78, 5) is 24.8. The Balaban J connectivity index is 1.78. The van der Waals surface area contributed by atoms with E-state index in [1.165, 1.54) is 12.1 Å². The van der Waals surface area contributed by atoms with Crippen molar-refractivity contribution in [2.45, 2.75) is 32.5 Å². The number of hydrogen-bond donors (Lipinski definition) is 1. The molecule has 2 rings (SSSR count). The Morgan fingerprint density at radius 2 is 2.00 bits per heavy atom. The lowest BCUT2D eigenvalue weighted by atomic mass is 10.1. The average molecular weight is 321 g/mol. The highest BCUT2D eigenvalue weighted by molar-refractivity contribution is 5.98. The number of nitro groups is 1. The van der Waals surface area contributed by atoms with Crippen molar-refractivity contribution in [3.8, 4) is 0 Å². The summed E-state index contributed by atoms with van der Waals surface area (Å²) in [7, 11) is 0. The summed E-state index contributed by atoms with van der Waals surface area (Å²) in [6, 6.07) is 5.98. The normalized spacial score (nSPS) is 21.8. The van der Waals surface area contributed by atoms with E-state index in [1.807, 2.05) is 0 Å². The summed E-state index contributed by atoms with van der Waals surface area (Å²) in [6.07, 6.45) is 1.24. The summed E-state index contributed by atoms with van der Waals surface area (Å²) in [5, 5.41) is 13.7. The number of carbonyl (C=O) groups is 1. The molecular weight excluding hydrogens is 298 g/mol. The van der Waals surface area contributed by atoms with Crippen LogP contribution < -0.4 is 5.32 Å². The highest BCUT2D eigenvalue weighted by Gasteiger charge is 2.22. The van der Waals surface area contributed by atoms with Gasteiger partial charge in [-0.25, -0.2) is 0 Å². The molecule has 0 saturated carbocycles.